The van der Waals surface area contributed by atoms with E-state index in [2.05, 4.69) is 36.9 Å². The molecular weight excluding hydrogens is 238 g/mol. The van der Waals surface area contributed by atoms with Gasteiger partial charge < -0.3 is 15.5 Å². The van der Waals surface area contributed by atoms with Crippen molar-refractivity contribution >= 4 is 11.6 Å². The molecule has 1 saturated heterocycles. The van der Waals surface area contributed by atoms with Crippen LogP contribution in [0.1, 0.15) is 17.5 Å². The topological polar surface area (TPSA) is 49.6 Å². The molecule has 2 rings (SSSR count). The third-order valence-corrected chi connectivity index (χ3v) is 3.88. The monoisotopic (exact) mass is 261 g/mol. The molecule has 104 valence electrons. The zero-order valence-corrected chi connectivity index (χ0v) is 12.0. The predicted octanol–water partition coefficient (Wildman–Crippen LogP) is 1.30. The Morgan fingerprint density at radius 2 is 1.89 bits per heavy atom. The number of nitrogens with two attached hydrogens (primary N) is 1. The molecule has 1 atom stereocenters. The summed E-state index contributed by atoms with van der Waals surface area (Å²) >= 11 is 0. The van der Waals surface area contributed by atoms with E-state index in [-0.39, 0.29) is 11.9 Å². The molecule has 4 nitrogen and oxygen atoms in total. The van der Waals surface area contributed by atoms with Crippen LogP contribution in [0.4, 0.5) is 5.69 Å². The number of aryl methyl sites for hydroxylation is 2. The molecule has 1 fully saturated rings. The van der Waals surface area contributed by atoms with Crippen molar-refractivity contribution in [3.63, 3.8) is 0 Å². The van der Waals surface area contributed by atoms with Crippen molar-refractivity contribution in [2.24, 2.45) is 5.73 Å². The Balaban J connectivity index is 2.38. The maximum absolute atomic E-state index is 12.4. The number of hydrogen-bond acceptors (Lipinski definition) is 3. The Kier molecular flexibility index (Phi) is 4.10. The Morgan fingerprint density at radius 1 is 1.26 bits per heavy atom. The lowest BCUT2D eigenvalue weighted by molar-refractivity contribution is -0.133. The van der Waals surface area contributed by atoms with Crippen LogP contribution in [0, 0.1) is 13.8 Å². The molecule has 19 heavy (non-hydrogen) atoms. The molecule has 0 spiro atoms. The zero-order valence-electron chi connectivity index (χ0n) is 12.0. The van der Waals surface area contributed by atoms with Gasteiger partial charge in [0.25, 0.3) is 0 Å². The van der Waals surface area contributed by atoms with Crippen LogP contribution < -0.4 is 10.6 Å². The van der Waals surface area contributed by atoms with E-state index in [0.29, 0.717) is 13.0 Å². The van der Waals surface area contributed by atoms with E-state index in [1.165, 1.54) is 16.8 Å². The predicted molar refractivity (Wildman–Crippen MR) is 78.4 cm³/mol. The lowest BCUT2D eigenvalue weighted by atomic mass is 10.0. The summed E-state index contributed by atoms with van der Waals surface area (Å²) in [7, 11) is 1.87. The van der Waals surface area contributed by atoms with Gasteiger partial charge in [0.1, 0.15) is 6.04 Å². The van der Waals surface area contributed by atoms with Crippen LogP contribution in [-0.4, -0.2) is 43.5 Å². The molecule has 0 saturated carbocycles. The minimum absolute atomic E-state index is 0.122. The summed E-state index contributed by atoms with van der Waals surface area (Å²) in [6.07, 6.45) is 0.705. The maximum atomic E-state index is 12.4. The van der Waals surface area contributed by atoms with Crippen LogP contribution in [0.15, 0.2) is 18.2 Å². The van der Waals surface area contributed by atoms with Crippen LogP contribution >= 0.6 is 0 Å². The summed E-state index contributed by atoms with van der Waals surface area (Å²) in [6, 6.07) is 6.14. The number of carbonyl (C=O) groups excluding carboxylic acids is 1. The van der Waals surface area contributed by atoms with Crippen LogP contribution in [0.2, 0.25) is 0 Å². The standard InChI is InChI=1S/C15H23N3O/c1-11-5-4-6-12(2)14(11)18-10-9-17(3)15(19)13(18)7-8-16/h4-6,13H,7-10,16H2,1-3H3. The highest BCUT2D eigenvalue weighted by atomic mass is 16.2. The van der Waals surface area contributed by atoms with Gasteiger partial charge in [-0.1, -0.05) is 18.2 Å². The van der Waals surface area contributed by atoms with Crippen molar-refractivity contribution in [3.8, 4) is 0 Å². The first-order chi connectivity index (χ1) is 9.06. The van der Waals surface area contributed by atoms with Crippen LogP contribution in [0.5, 0.6) is 0 Å². The second-order valence-electron chi connectivity index (χ2n) is 5.29. The molecule has 0 radical (unpaired) electrons. The number of hydrogen-bond donors (Lipinski definition) is 1. The van der Waals surface area contributed by atoms with Gasteiger partial charge >= 0.3 is 0 Å². The first-order valence-electron chi connectivity index (χ1n) is 6.84. The molecule has 0 aromatic heterocycles. The minimum Gasteiger partial charge on any atom is -0.357 e. The summed E-state index contributed by atoms with van der Waals surface area (Å²) in [5.74, 6) is 0.180. The average Bonchev–Trinajstić information content (AvgIpc) is 2.37. The smallest absolute Gasteiger partial charge is 0.245 e. The SMILES string of the molecule is Cc1cccc(C)c1N1CCN(C)C(=O)C1CCN. The van der Waals surface area contributed by atoms with E-state index in [1.807, 2.05) is 11.9 Å². The van der Waals surface area contributed by atoms with E-state index < -0.39 is 0 Å². The molecule has 1 amide bonds. The molecule has 1 aromatic carbocycles. The van der Waals surface area contributed by atoms with Gasteiger partial charge in [0, 0.05) is 25.8 Å². The molecule has 4 heteroatoms. The molecule has 1 unspecified atom stereocenters. The number of para-hydroxylation sites is 1. The van der Waals surface area contributed by atoms with E-state index in [1.54, 1.807) is 0 Å². The second kappa shape index (κ2) is 5.61. The van der Waals surface area contributed by atoms with Crippen molar-refractivity contribution in [1.82, 2.24) is 4.90 Å². The lowest BCUT2D eigenvalue weighted by Crippen LogP contribution is -2.56. The van der Waals surface area contributed by atoms with Gasteiger partial charge in [-0.05, 0) is 37.9 Å². The first kappa shape index (κ1) is 13.9. The Bertz CT molecular complexity index is 452. The number of carbonyl (C=O) groups is 1. The van der Waals surface area contributed by atoms with E-state index in [0.717, 1.165) is 13.1 Å². The normalized spacial score (nSPS) is 20.0. The summed E-state index contributed by atoms with van der Waals surface area (Å²) < 4.78 is 0. The minimum atomic E-state index is -0.122. The van der Waals surface area contributed by atoms with Crippen molar-refractivity contribution in [3.05, 3.63) is 29.3 Å². The number of piperazine rings is 1. The quantitative estimate of drug-likeness (QED) is 0.892. The number of nitrogens with zero attached hydrogens (tertiary/aromatic N) is 2. The number of likely N-dealkylation sites (N-methyl/N-ethyl adjacent to an activating group) is 1. The summed E-state index contributed by atoms with van der Waals surface area (Å²) in [4.78, 5) is 16.4. The second-order valence-corrected chi connectivity index (χ2v) is 5.29. The highest BCUT2D eigenvalue weighted by Crippen LogP contribution is 2.29. The molecular formula is C15H23N3O. The molecule has 0 aliphatic carbocycles. The largest absolute Gasteiger partial charge is 0.357 e. The Labute approximate surface area is 115 Å². The third-order valence-electron chi connectivity index (χ3n) is 3.88. The molecule has 2 N–H and O–H groups in total. The number of amides is 1. The van der Waals surface area contributed by atoms with Crippen molar-refractivity contribution in [1.29, 1.82) is 0 Å². The fraction of sp³-hybridized carbons (Fsp3) is 0.533. The van der Waals surface area contributed by atoms with Gasteiger partial charge in [0.2, 0.25) is 5.91 Å². The van der Waals surface area contributed by atoms with Crippen LogP contribution in [0.3, 0.4) is 0 Å². The average molecular weight is 261 g/mol. The number of anilines is 1. The molecule has 1 aromatic rings. The number of benzene rings is 1. The highest BCUT2D eigenvalue weighted by molar-refractivity contribution is 5.87. The zero-order chi connectivity index (χ0) is 14.0. The molecule has 1 heterocycles. The van der Waals surface area contributed by atoms with Crippen molar-refractivity contribution in [2.75, 3.05) is 31.6 Å². The van der Waals surface area contributed by atoms with Crippen LogP contribution in [0.25, 0.3) is 0 Å². The van der Waals surface area contributed by atoms with Gasteiger partial charge in [-0.2, -0.15) is 0 Å². The van der Waals surface area contributed by atoms with Crippen LogP contribution in [-0.2, 0) is 4.79 Å². The molecule has 1 aliphatic heterocycles. The van der Waals surface area contributed by atoms with E-state index in [4.69, 9.17) is 5.73 Å². The van der Waals surface area contributed by atoms with E-state index in [9.17, 15) is 4.79 Å². The van der Waals surface area contributed by atoms with Crippen molar-refractivity contribution < 1.29 is 4.79 Å². The highest BCUT2D eigenvalue weighted by Gasteiger charge is 2.33. The lowest BCUT2D eigenvalue weighted by Gasteiger charge is -2.41. The van der Waals surface area contributed by atoms with Gasteiger partial charge in [0.05, 0.1) is 0 Å². The van der Waals surface area contributed by atoms with Gasteiger partial charge in [-0.15, -0.1) is 0 Å². The van der Waals surface area contributed by atoms with Gasteiger partial charge in [-0.25, -0.2) is 0 Å². The Morgan fingerprint density at radius 3 is 2.47 bits per heavy atom. The Hall–Kier alpha value is -1.55. The fourth-order valence-corrected chi connectivity index (χ4v) is 2.87. The fourth-order valence-electron chi connectivity index (χ4n) is 2.87. The van der Waals surface area contributed by atoms with Crippen molar-refractivity contribution in [2.45, 2.75) is 26.3 Å². The maximum Gasteiger partial charge on any atom is 0.245 e. The number of rotatable bonds is 3. The first-order valence-corrected chi connectivity index (χ1v) is 6.84. The van der Waals surface area contributed by atoms with E-state index >= 15 is 0 Å². The summed E-state index contributed by atoms with van der Waals surface area (Å²) in [5, 5.41) is 0. The summed E-state index contributed by atoms with van der Waals surface area (Å²) in [6.45, 7) is 6.38. The molecule has 1 aliphatic rings. The van der Waals surface area contributed by atoms with Gasteiger partial charge in [0.15, 0.2) is 0 Å². The van der Waals surface area contributed by atoms with Gasteiger partial charge in [-0.3, -0.25) is 4.79 Å². The summed E-state index contributed by atoms with van der Waals surface area (Å²) in [5.41, 5.74) is 9.33. The molecule has 0 bridgehead atoms. The third kappa shape index (κ3) is 2.59.